The highest BCUT2D eigenvalue weighted by molar-refractivity contribution is 7.12. The third-order valence-corrected chi connectivity index (χ3v) is 5.05. The summed E-state index contributed by atoms with van der Waals surface area (Å²) in [5.41, 5.74) is 2.01. The molecule has 0 saturated heterocycles. The van der Waals surface area contributed by atoms with Crippen LogP contribution in [0.1, 0.15) is 11.3 Å². The number of amides is 1. The van der Waals surface area contributed by atoms with Crippen LogP contribution in [-0.4, -0.2) is 27.2 Å². The van der Waals surface area contributed by atoms with E-state index in [1.807, 2.05) is 41.9 Å². The van der Waals surface area contributed by atoms with E-state index in [-0.39, 0.29) is 5.91 Å². The van der Waals surface area contributed by atoms with Gasteiger partial charge in [-0.1, -0.05) is 42.5 Å². The normalized spacial score (nSPS) is 10.9. The van der Waals surface area contributed by atoms with Gasteiger partial charge in [0.2, 0.25) is 11.0 Å². The van der Waals surface area contributed by atoms with Crippen LogP contribution in [0.25, 0.3) is 15.9 Å². The van der Waals surface area contributed by atoms with Crippen molar-refractivity contribution in [3.05, 3.63) is 77.6 Å². The van der Waals surface area contributed by atoms with Gasteiger partial charge in [-0.05, 0) is 22.4 Å². The van der Waals surface area contributed by atoms with Crippen LogP contribution in [0, 0.1) is 0 Å². The quantitative estimate of drug-likeness (QED) is 0.572. The first-order valence-corrected chi connectivity index (χ1v) is 9.35. The van der Waals surface area contributed by atoms with Crippen molar-refractivity contribution in [1.82, 2.24) is 20.1 Å². The number of thiazole rings is 1. The number of carbonyl (C=O) groups is 1. The number of hydrogen-bond acceptors (Lipinski definition) is 4. The van der Waals surface area contributed by atoms with Gasteiger partial charge in [-0.15, -0.1) is 11.3 Å². The molecule has 130 valence electrons. The highest BCUT2D eigenvalue weighted by Gasteiger charge is 2.08. The third kappa shape index (κ3) is 3.65. The molecule has 0 saturated carbocycles. The van der Waals surface area contributed by atoms with Gasteiger partial charge >= 0.3 is 0 Å². The number of benzene rings is 2. The Morgan fingerprint density at radius 2 is 2.00 bits per heavy atom. The SMILES string of the molecule is O=C(Cc1cccc2ccccc12)NCCc1csc(-n2cccn2)n1. The smallest absolute Gasteiger partial charge is 0.224 e. The van der Waals surface area contributed by atoms with Crippen LogP contribution in [0.5, 0.6) is 0 Å². The van der Waals surface area contributed by atoms with E-state index in [0.717, 1.165) is 27.2 Å². The first-order chi connectivity index (χ1) is 12.8. The van der Waals surface area contributed by atoms with Crippen LogP contribution in [0.3, 0.4) is 0 Å². The Labute approximate surface area is 155 Å². The molecule has 5 nitrogen and oxygen atoms in total. The molecule has 26 heavy (non-hydrogen) atoms. The van der Waals surface area contributed by atoms with Crippen LogP contribution < -0.4 is 5.32 Å². The molecule has 0 unspecified atom stereocenters. The van der Waals surface area contributed by atoms with Gasteiger partial charge in [0, 0.05) is 30.7 Å². The molecule has 0 spiro atoms. The molecule has 2 heterocycles. The summed E-state index contributed by atoms with van der Waals surface area (Å²) in [6, 6.07) is 16.1. The lowest BCUT2D eigenvalue weighted by atomic mass is 10.0. The molecule has 4 rings (SSSR count). The van der Waals surface area contributed by atoms with E-state index in [2.05, 4.69) is 33.6 Å². The molecule has 0 radical (unpaired) electrons. The minimum Gasteiger partial charge on any atom is -0.355 e. The van der Waals surface area contributed by atoms with Crippen molar-refractivity contribution in [3.8, 4) is 5.13 Å². The Morgan fingerprint density at radius 1 is 1.12 bits per heavy atom. The highest BCUT2D eigenvalue weighted by Crippen LogP contribution is 2.19. The maximum absolute atomic E-state index is 12.3. The second kappa shape index (κ2) is 7.49. The summed E-state index contributed by atoms with van der Waals surface area (Å²) >= 11 is 1.55. The summed E-state index contributed by atoms with van der Waals surface area (Å²) in [6.45, 7) is 0.575. The van der Waals surface area contributed by atoms with E-state index < -0.39 is 0 Å². The molecule has 0 bridgehead atoms. The zero-order valence-corrected chi connectivity index (χ0v) is 14.9. The largest absolute Gasteiger partial charge is 0.355 e. The lowest BCUT2D eigenvalue weighted by Crippen LogP contribution is -2.27. The number of nitrogens with zero attached hydrogens (tertiary/aromatic N) is 3. The van der Waals surface area contributed by atoms with Gasteiger partial charge in [0.15, 0.2) is 0 Å². The van der Waals surface area contributed by atoms with Crippen LogP contribution in [-0.2, 0) is 17.6 Å². The van der Waals surface area contributed by atoms with Gasteiger partial charge in [-0.25, -0.2) is 9.67 Å². The maximum atomic E-state index is 12.3. The molecule has 0 aliphatic carbocycles. The zero-order chi connectivity index (χ0) is 17.8. The van der Waals surface area contributed by atoms with E-state index >= 15 is 0 Å². The molecule has 6 heteroatoms. The average Bonchev–Trinajstić information content (AvgIpc) is 3.34. The maximum Gasteiger partial charge on any atom is 0.224 e. The Bertz CT molecular complexity index is 1020. The second-order valence-corrected chi connectivity index (χ2v) is 6.82. The van der Waals surface area contributed by atoms with Crippen molar-refractivity contribution in [2.75, 3.05) is 6.54 Å². The summed E-state index contributed by atoms with van der Waals surface area (Å²) in [7, 11) is 0. The van der Waals surface area contributed by atoms with Gasteiger partial charge < -0.3 is 5.32 Å². The molecule has 2 aromatic heterocycles. The fourth-order valence-electron chi connectivity index (χ4n) is 2.91. The first-order valence-electron chi connectivity index (χ1n) is 8.47. The molecule has 4 aromatic rings. The Balaban J connectivity index is 1.33. The van der Waals surface area contributed by atoms with E-state index in [0.29, 0.717) is 19.4 Å². The predicted molar refractivity (Wildman–Crippen MR) is 104 cm³/mol. The van der Waals surface area contributed by atoms with Crippen molar-refractivity contribution in [2.45, 2.75) is 12.8 Å². The fourth-order valence-corrected chi connectivity index (χ4v) is 3.71. The molecule has 0 fully saturated rings. The van der Waals surface area contributed by atoms with Gasteiger partial charge in [0.25, 0.3) is 0 Å². The van der Waals surface area contributed by atoms with Gasteiger partial charge in [0.05, 0.1) is 12.1 Å². The van der Waals surface area contributed by atoms with Crippen LogP contribution >= 0.6 is 11.3 Å². The van der Waals surface area contributed by atoms with Crippen LogP contribution in [0.4, 0.5) is 0 Å². The van der Waals surface area contributed by atoms with E-state index in [9.17, 15) is 4.79 Å². The van der Waals surface area contributed by atoms with Crippen LogP contribution in [0.15, 0.2) is 66.3 Å². The topological polar surface area (TPSA) is 59.8 Å². The molecule has 0 atom stereocenters. The highest BCUT2D eigenvalue weighted by atomic mass is 32.1. The van der Waals surface area contributed by atoms with Gasteiger partial charge in [-0.3, -0.25) is 4.79 Å². The first kappa shape index (κ1) is 16.5. The second-order valence-electron chi connectivity index (χ2n) is 5.99. The fraction of sp³-hybridized carbons (Fsp3) is 0.150. The lowest BCUT2D eigenvalue weighted by Gasteiger charge is -2.07. The predicted octanol–water partition coefficient (Wildman–Crippen LogP) is 3.38. The molecule has 1 amide bonds. The molecule has 2 aromatic carbocycles. The Morgan fingerprint density at radius 3 is 2.88 bits per heavy atom. The van der Waals surface area contributed by atoms with Gasteiger partial charge in [-0.2, -0.15) is 5.10 Å². The molecular formula is C20H18N4OS. The van der Waals surface area contributed by atoms with E-state index in [1.54, 1.807) is 22.2 Å². The number of nitrogens with one attached hydrogen (secondary N) is 1. The number of fused-ring (bicyclic) bond motifs is 1. The minimum atomic E-state index is 0.0314. The number of hydrogen-bond donors (Lipinski definition) is 1. The average molecular weight is 362 g/mol. The third-order valence-electron chi connectivity index (χ3n) is 4.17. The lowest BCUT2D eigenvalue weighted by molar-refractivity contribution is -0.120. The molecule has 0 aliphatic rings. The molecular weight excluding hydrogens is 344 g/mol. The molecule has 0 aliphatic heterocycles. The van der Waals surface area contributed by atoms with Crippen molar-refractivity contribution in [3.63, 3.8) is 0 Å². The van der Waals surface area contributed by atoms with Crippen molar-refractivity contribution >= 4 is 28.0 Å². The summed E-state index contributed by atoms with van der Waals surface area (Å²) < 4.78 is 1.74. The number of carbonyl (C=O) groups excluding carboxylic acids is 1. The van der Waals surface area contributed by atoms with Crippen molar-refractivity contribution < 1.29 is 4.79 Å². The Hall–Kier alpha value is -2.99. The monoisotopic (exact) mass is 362 g/mol. The van der Waals surface area contributed by atoms with Crippen molar-refractivity contribution in [1.29, 1.82) is 0 Å². The number of aromatic nitrogens is 3. The Kier molecular flexibility index (Phi) is 4.75. The summed E-state index contributed by atoms with van der Waals surface area (Å²) in [5, 5.41) is 12.3. The molecule has 1 N–H and O–H groups in total. The summed E-state index contributed by atoms with van der Waals surface area (Å²) in [4.78, 5) is 16.8. The van der Waals surface area contributed by atoms with E-state index in [4.69, 9.17) is 0 Å². The van der Waals surface area contributed by atoms with Crippen molar-refractivity contribution in [2.24, 2.45) is 0 Å². The summed E-state index contributed by atoms with van der Waals surface area (Å²) in [6.07, 6.45) is 4.69. The van der Waals surface area contributed by atoms with E-state index in [1.165, 1.54) is 0 Å². The summed E-state index contributed by atoms with van der Waals surface area (Å²) in [5.74, 6) is 0.0314. The minimum absolute atomic E-state index is 0.0314. The van der Waals surface area contributed by atoms with Crippen LogP contribution in [0.2, 0.25) is 0 Å². The van der Waals surface area contributed by atoms with Gasteiger partial charge in [0.1, 0.15) is 0 Å². The standard InChI is InChI=1S/C20H18N4OS/c25-19(13-16-7-3-6-15-5-1-2-8-18(15)16)21-11-9-17-14-26-20(23-17)24-12-4-10-22-24/h1-8,10,12,14H,9,11,13H2,(H,21,25). The number of rotatable bonds is 6. The zero-order valence-electron chi connectivity index (χ0n) is 14.1.